The fourth-order valence-electron chi connectivity index (χ4n) is 2.37. The Morgan fingerprint density at radius 2 is 1.90 bits per heavy atom. The maximum atomic E-state index is 10.2. The highest BCUT2D eigenvalue weighted by Crippen LogP contribution is 2.31. The lowest BCUT2D eigenvalue weighted by molar-refractivity contribution is 0.174. The van der Waals surface area contributed by atoms with Gasteiger partial charge in [0.2, 0.25) is 0 Å². The molecule has 20 heavy (non-hydrogen) atoms. The zero-order chi connectivity index (χ0) is 14.5. The van der Waals surface area contributed by atoms with Crippen molar-refractivity contribution in [3.8, 4) is 0 Å². The third kappa shape index (κ3) is 3.41. The van der Waals surface area contributed by atoms with Crippen LogP contribution in [0.2, 0.25) is 0 Å². The van der Waals surface area contributed by atoms with Gasteiger partial charge in [0.05, 0.1) is 12.6 Å². The number of thiophene rings is 1. The van der Waals surface area contributed by atoms with Gasteiger partial charge in [-0.1, -0.05) is 31.2 Å². The van der Waals surface area contributed by atoms with Gasteiger partial charge in [-0.05, 0) is 37.8 Å². The van der Waals surface area contributed by atoms with Crippen LogP contribution < -0.4 is 4.90 Å². The summed E-state index contributed by atoms with van der Waals surface area (Å²) in [4.78, 5) is 3.71. The quantitative estimate of drug-likeness (QED) is 0.839. The van der Waals surface area contributed by atoms with Crippen LogP contribution in [0.15, 0.2) is 41.8 Å². The van der Waals surface area contributed by atoms with Gasteiger partial charge < -0.3 is 10.0 Å². The van der Waals surface area contributed by atoms with Crippen molar-refractivity contribution in [2.45, 2.75) is 45.9 Å². The minimum atomic E-state index is -0.393. The Morgan fingerprint density at radius 1 is 1.15 bits per heavy atom. The number of aliphatic hydroxyl groups excluding tert-OH is 1. The molecule has 0 aliphatic carbocycles. The minimum Gasteiger partial charge on any atom is -0.388 e. The zero-order valence-corrected chi connectivity index (χ0v) is 13.2. The van der Waals surface area contributed by atoms with Gasteiger partial charge in [-0.2, -0.15) is 0 Å². The number of hydrogen-bond acceptors (Lipinski definition) is 3. The number of nitrogens with zero attached hydrogens (tertiary/aromatic N) is 1. The number of rotatable bonds is 6. The van der Waals surface area contributed by atoms with Crippen LogP contribution in [0.4, 0.5) is 5.69 Å². The molecule has 0 amide bonds. The fraction of sp³-hybridized carbons (Fsp3) is 0.412. The van der Waals surface area contributed by atoms with Gasteiger partial charge in [0, 0.05) is 22.2 Å². The van der Waals surface area contributed by atoms with E-state index in [0.29, 0.717) is 6.04 Å². The second-order valence-corrected chi connectivity index (χ2v) is 6.32. The normalized spacial score (nSPS) is 12.7. The van der Waals surface area contributed by atoms with Gasteiger partial charge in [-0.3, -0.25) is 0 Å². The Balaban J connectivity index is 2.34. The van der Waals surface area contributed by atoms with Crippen LogP contribution in [-0.2, 0) is 6.54 Å². The first-order chi connectivity index (χ1) is 9.63. The van der Waals surface area contributed by atoms with Crippen molar-refractivity contribution >= 4 is 17.0 Å². The lowest BCUT2D eigenvalue weighted by atomic mass is 10.0. The molecule has 0 fully saturated rings. The summed E-state index contributed by atoms with van der Waals surface area (Å²) in [5.74, 6) is 0. The van der Waals surface area contributed by atoms with E-state index >= 15 is 0 Å². The summed E-state index contributed by atoms with van der Waals surface area (Å²) in [7, 11) is 0. The van der Waals surface area contributed by atoms with Crippen molar-refractivity contribution in [2.24, 2.45) is 0 Å². The highest BCUT2D eigenvalue weighted by atomic mass is 32.1. The predicted octanol–water partition coefficient (Wildman–Crippen LogP) is 4.61. The lowest BCUT2D eigenvalue weighted by Gasteiger charge is -2.31. The third-order valence-corrected chi connectivity index (χ3v) is 4.38. The number of hydrogen-bond donors (Lipinski definition) is 1. The molecule has 0 saturated heterocycles. The first kappa shape index (κ1) is 15.1. The standard InChI is InChI=1S/C17H23NOS/c1-4-17(19)15-9-5-6-10-16(15)18(13(2)3)12-14-8-7-11-20-14/h5-11,13,17,19H,4,12H2,1-3H3/t17-/m0/s1. The van der Waals surface area contributed by atoms with Crippen LogP contribution in [0.25, 0.3) is 0 Å². The molecule has 0 radical (unpaired) electrons. The van der Waals surface area contributed by atoms with Crippen LogP contribution in [0.3, 0.4) is 0 Å². The molecule has 1 N–H and O–H groups in total. The summed E-state index contributed by atoms with van der Waals surface area (Å²) in [6.45, 7) is 7.30. The van der Waals surface area contributed by atoms with E-state index in [4.69, 9.17) is 0 Å². The summed E-state index contributed by atoms with van der Waals surface area (Å²) in [5.41, 5.74) is 2.17. The molecule has 0 unspecified atom stereocenters. The second-order valence-electron chi connectivity index (χ2n) is 5.28. The third-order valence-electron chi connectivity index (χ3n) is 3.52. The second kappa shape index (κ2) is 6.91. The van der Waals surface area contributed by atoms with E-state index in [1.807, 2.05) is 25.1 Å². The molecule has 0 aliphatic heterocycles. The predicted molar refractivity (Wildman–Crippen MR) is 87.3 cm³/mol. The maximum Gasteiger partial charge on any atom is 0.0807 e. The molecule has 1 atom stereocenters. The van der Waals surface area contributed by atoms with Crippen molar-refractivity contribution < 1.29 is 5.11 Å². The monoisotopic (exact) mass is 289 g/mol. The largest absolute Gasteiger partial charge is 0.388 e. The smallest absolute Gasteiger partial charge is 0.0807 e. The summed E-state index contributed by atoms with van der Waals surface area (Å²) in [6.07, 6.45) is 0.345. The highest BCUT2D eigenvalue weighted by Gasteiger charge is 2.18. The van der Waals surface area contributed by atoms with Crippen LogP contribution in [-0.4, -0.2) is 11.1 Å². The van der Waals surface area contributed by atoms with Crippen molar-refractivity contribution in [1.29, 1.82) is 0 Å². The van der Waals surface area contributed by atoms with E-state index < -0.39 is 6.10 Å². The SMILES string of the molecule is CC[C@H](O)c1ccccc1N(Cc1cccs1)C(C)C. The molecule has 1 aromatic carbocycles. The van der Waals surface area contributed by atoms with Crippen molar-refractivity contribution in [1.82, 2.24) is 0 Å². The molecule has 0 spiro atoms. The molecule has 2 nitrogen and oxygen atoms in total. The maximum absolute atomic E-state index is 10.2. The van der Waals surface area contributed by atoms with Crippen LogP contribution >= 0.6 is 11.3 Å². The topological polar surface area (TPSA) is 23.5 Å². The van der Waals surface area contributed by atoms with E-state index in [1.54, 1.807) is 11.3 Å². The van der Waals surface area contributed by atoms with Crippen molar-refractivity contribution in [2.75, 3.05) is 4.90 Å². The van der Waals surface area contributed by atoms with E-state index in [0.717, 1.165) is 24.2 Å². The molecule has 2 aromatic rings. The Bertz CT molecular complexity index is 522. The zero-order valence-electron chi connectivity index (χ0n) is 12.4. The number of benzene rings is 1. The molecular formula is C17H23NOS. The van der Waals surface area contributed by atoms with Crippen LogP contribution in [0.1, 0.15) is 43.7 Å². The Morgan fingerprint density at radius 3 is 2.50 bits per heavy atom. The molecule has 108 valence electrons. The van der Waals surface area contributed by atoms with E-state index in [2.05, 4.69) is 42.3 Å². The summed E-state index contributed by atoms with van der Waals surface area (Å²) in [5, 5.41) is 12.4. The van der Waals surface area contributed by atoms with Gasteiger partial charge >= 0.3 is 0 Å². The van der Waals surface area contributed by atoms with E-state index in [-0.39, 0.29) is 0 Å². The van der Waals surface area contributed by atoms with Gasteiger partial charge in [0.1, 0.15) is 0 Å². The summed E-state index contributed by atoms with van der Waals surface area (Å²) < 4.78 is 0. The minimum absolute atomic E-state index is 0.391. The van der Waals surface area contributed by atoms with Crippen molar-refractivity contribution in [3.63, 3.8) is 0 Å². The van der Waals surface area contributed by atoms with E-state index in [9.17, 15) is 5.11 Å². The van der Waals surface area contributed by atoms with Gasteiger partial charge in [-0.15, -0.1) is 11.3 Å². The molecule has 0 bridgehead atoms. The van der Waals surface area contributed by atoms with E-state index in [1.165, 1.54) is 4.88 Å². The molecule has 0 aliphatic rings. The Labute approximate surface area is 125 Å². The Hall–Kier alpha value is -1.32. The average Bonchev–Trinajstić information content (AvgIpc) is 2.96. The number of aliphatic hydroxyl groups is 1. The van der Waals surface area contributed by atoms with Crippen LogP contribution in [0.5, 0.6) is 0 Å². The molecule has 2 rings (SSSR count). The number of para-hydroxylation sites is 1. The van der Waals surface area contributed by atoms with Crippen molar-refractivity contribution in [3.05, 3.63) is 52.2 Å². The van der Waals surface area contributed by atoms with Crippen LogP contribution in [0, 0.1) is 0 Å². The lowest BCUT2D eigenvalue weighted by Crippen LogP contribution is -2.31. The van der Waals surface area contributed by atoms with Gasteiger partial charge in [-0.25, -0.2) is 0 Å². The molecule has 0 saturated carbocycles. The molecule has 3 heteroatoms. The van der Waals surface area contributed by atoms with Gasteiger partial charge in [0.15, 0.2) is 0 Å². The van der Waals surface area contributed by atoms with Gasteiger partial charge in [0.25, 0.3) is 0 Å². The molecular weight excluding hydrogens is 266 g/mol. The first-order valence-corrected chi connectivity index (χ1v) is 8.07. The fourth-order valence-corrected chi connectivity index (χ4v) is 3.07. The highest BCUT2D eigenvalue weighted by molar-refractivity contribution is 7.09. The molecule has 1 heterocycles. The molecule has 1 aromatic heterocycles. The summed E-state index contributed by atoms with van der Waals surface area (Å²) >= 11 is 1.78. The number of anilines is 1. The first-order valence-electron chi connectivity index (χ1n) is 7.19. The Kier molecular flexibility index (Phi) is 5.21. The average molecular weight is 289 g/mol. The summed E-state index contributed by atoms with van der Waals surface area (Å²) in [6, 6.07) is 12.8.